The van der Waals surface area contributed by atoms with E-state index in [-0.39, 0.29) is 16.7 Å². The van der Waals surface area contributed by atoms with E-state index in [1.54, 1.807) is 13.0 Å². The van der Waals surface area contributed by atoms with Gasteiger partial charge in [-0.2, -0.15) is 9.36 Å². The molecule has 0 aliphatic carbocycles. The second-order valence-corrected chi connectivity index (χ2v) is 10.6. The number of aromatic nitrogens is 2. The lowest BCUT2D eigenvalue weighted by Crippen LogP contribution is -2.71. The molecule has 3 heterocycles. The minimum Gasteiger partial charge on any atom is -0.477 e. The summed E-state index contributed by atoms with van der Waals surface area (Å²) in [4.78, 5) is 47.0. The largest absolute Gasteiger partial charge is 0.477 e. The van der Waals surface area contributed by atoms with Crippen LogP contribution in [0.25, 0.3) is 0 Å². The Hall–Kier alpha value is -3.08. The maximum atomic E-state index is 12.9. The zero-order valence-corrected chi connectivity index (χ0v) is 21.4. The monoisotopic (exact) mass is 544 g/mol. The number of carboxylic acid groups (broad SMARTS) is 1. The molecule has 2 amide bonds. The summed E-state index contributed by atoms with van der Waals surface area (Å²) in [7, 11) is 3.88. The number of alkyl halides is 1. The third-order valence-corrected chi connectivity index (χ3v) is 7.08. The number of hydrogen-bond donors (Lipinski definition) is 4. The number of likely N-dealkylation sites (N-methyl/N-ethyl adjacent to an activating group) is 1. The van der Waals surface area contributed by atoms with Crippen LogP contribution in [0.3, 0.4) is 0 Å². The SMILES string of the molecule is CC(O)C[N+](C)(C)CC=CC1=C(C(=O)O)N2C(=O)[C@@H](NC(=O)C(=NOCF)c3nsc(N)n3)[C@@H]2SC1. The molecule has 0 saturated carbocycles. The molecule has 1 aromatic rings. The number of aliphatic hydroxyl groups excluding tert-OH is 1. The lowest BCUT2D eigenvalue weighted by atomic mass is 10.0. The summed E-state index contributed by atoms with van der Waals surface area (Å²) in [6, 6.07) is -1.05. The van der Waals surface area contributed by atoms with Crippen LogP contribution < -0.4 is 11.1 Å². The normalized spacial score (nSPS) is 21.3. The highest BCUT2D eigenvalue weighted by atomic mass is 32.2. The Kier molecular flexibility index (Phi) is 8.65. The Morgan fingerprint density at radius 2 is 2.19 bits per heavy atom. The van der Waals surface area contributed by atoms with Gasteiger partial charge in [0, 0.05) is 17.3 Å². The Morgan fingerprint density at radius 1 is 1.47 bits per heavy atom. The number of hydrogen-bond acceptors (Lipinski definition) is 11. The fourth-order valence-electron chi connectivity index (χ4n) is 3.85. The van der Waals surface area contributed by atoms with Crippen LogP contribution in [0.5, 0.6) is 0 Å². The first-order valence-electron chi connectivity index (χ1n) is 10.7. The molecular weight excluding hydrogens is 517 g/mol. The summed E-state index contributed by atoms with van der Waals surface area (Å²) in [5, 5.41) is 24.7. The van der Waals surface area contributed by atoms with Gasteiger partial charge in [-0.3, -0.25) is 14.5 Å². The van der Waals surface area contributed by atoms with Crippen molar-refractivity contribution in [1.29, 1.82) is 0 Å². The Bertz CT molecular complexity index is 1120. The summed E-state index contributed by atoms with van der Waals surface area (Å²) < 4.78 is 16.8. The van der Waals surface area contributed by atoms with E-state index in [1.807, 2.05) is 20.2 Å². The van der Waals surface area contributed by atoms with Gasteiger partial charge >= 0.3 is 5.97 Å². The first-order valence-corrected chi connectivity index (χ1v) is 12.5. The van der Waals surface area contributed by atoms with Crippen LogP contribution in [-0.2, 0) is 19.2 Å². The number of oxime groups is 1. The highest BCUT2D eigenvalue weighted by molar-refractivity contribution is 8.00. The van der Waals surface area contributed by atoms with Crippen molar-refractivity contribution in [2.75, 3.05) is 45.5 Å². The van der Waals surface area contributed by atoms with Gasteiger partial charge in [-0.05, 0) is 18.6 Å². The molecule has 1 aromatic heterocycles. The minimum atomic E-state index is -1.30. The van der Waals surface area contributed by atoms with Crippen molar-refractivity contribution < 1.29 is 38.3 Å². The average molecular weight is 545 g/mol. The number of carbonyl (C=O) groups is 3. The van der Waals surface area contributed by atoms with Gasteiger partial charge in [-0.1, -0.05) is 11.2 Å². The van der Waals surface area contributed by atoms with Crippen LogP contribution in [0.15, 0.2) is 28.6 Å². The van der Waals surface area contributed by atoms with Crippen LogP contribution in [0.2, 0.25) is 0 Å². The third-order valence-electron chi connectivity index (χ3n) is 5.24. The van der Waals surface area contributed by atoms with E-state index in [2.05, 4.69) is 24.7 Å². The van der Waals surface area contributed by atoms with Crippen molar-refractivity contribution in [2.24, 2.45) is 5.16 Å². The molecule has 3 rings (SSSR count). The number of nitrogens with zero attached hydrogens (tertiary/aromatic N) is 5. The number of carbonyl (C=O) groups excluding carboxylic acids is 2. The molecule has 13 nitrogen and oxygen atoms in total. The number of aliphatic hydroxyl groups is 1. The fourth-order valence-corrected chi connectivity index (χ4v) is 5.61. The molecule has 196 valence electrons. The molecule has 3 atom stereocenters. The first-order chi connectivity index (χ1) is 16.9. The van der Waals surface area contributed by atoms with E-state index >= 15 is 0 Å². The van der Waals surface area contributed by atoms with Crippen molar-refractivity contribution in [3.05, 3.63) is 29.2 Å². The van der Waals surface area contributed by atoms with Crippen LogP contribution in [-0.4, -0.2) is 110 Å². The predicted molar refractivity (Wildman–Crippen MR) is 130 cm³/mol. The van der Waals surface area contributed by atoms with Crippen molar-refractivity contribution in [2.45, 2.75) is 24.4 Å². The number of aliphatic carboxylic acids is 1. The zero-order chi connectivity index (χ0) is 26.6. The number of nitrogen functional groups attached to an aromatic ring is 1. The number of thioether (sulfide) groups is 1. The summed E-state index contributed by atoms with van der Waals surface area (Å²) >= 11 is 2.08. The van der Waals surface area contributed by atoms with E-state index in [9.17, 15) is 29.0 Å². The highest BCUT2D eigenvalue weighted by Crippen LogP contribution is 2.40. The van der Waals surface area contributed by atoms with Crippen LogP contribution in [0, 0.1) is 0 Å². The lowest BCUT2D eigenvalue weighted by Gasteiger charge is -2.49. The molecule has 0 spiro atoms. The van der Waals surface area contributed by atoms with Crippen molar-refractivity contribution >= 4 is 51.9 Å². The fraction of sp³-hybridized carbons (Fsp3) is 0.500. The van der Waals surface area contributed by atoms with Gasteiger partial charge in [0.15, 0.2) is 5.13 Å². The molecule has 0 aromatic carbocycles. The number of β-lactam (4-membered cyclic amide) rings is 1. The number of nitrogens with one attached hydrogen (secondary N) is 1. The van der Waals surface area contributed by atoms with Gasteiger partial charge in [0.1, 0.15) is 29.8 Å². The van der Waals surface area contributed by atoms with E-state index < -0.39 is 47.9 Å². The maximum absolute atomic E-state index is 12.9. The summed E-state index contributed by atoms with van der Waals surface area (Å²) in [6.45, 7) is 1.45. The third kappa shape index (κ3) is 6.18. The van der Waals surface area contributed by atoms with Gasteiger partial charge < -0.3 is 30.6 Å². The second kappa shape index (κ2) is 11.3. The van der Waals surface area contributed by atoms with Gasteiger partial charge in [0.2, 0.25) is 11.5 Å². The van der Waals surface area contributed by atoms with Gasteiger partial charge in [0.25, 0.3) is 18.7 Å². The Morgan fingerprint density at radius 3 is 2.78 bits per heavy atom. The van der Waals surface area contributed by atoms with Gasteiger partial charge in [0.05, 0.1) is 20.6 Å². The second-order valence-electron chi connectivity index (χ2n) is 8.73. The molecule has 5 N–H and O–H groups in total. The lowest BCUT2D eigenvalue weighted by molar-refractivity contribution is -0.887. The molecule has 1 fully saturated rings. The molecule has 16 heteroatoms. The molecule has 2 aliphatic heterocycles. The van der Waals surface area contributed by atoms with Crippen LogP contribution >= 0.6 is 23.3 Å². The molecule has 1 unspecified atom stereocenters. The molecule has 0 bridgehead atoms. The Balaban J connectivity index is 1.75. The smallest absolute Gasteiger partial charge is 0.352 e. The van der Waals surface area contributed by atoms with Gasteiger partial charge in [-0.15, -0.1) is 11.8 Å². The number of halogens is 1. The number of anilines is 1. The molecular formula is C20H27FN7O6S2+. The molecule has 1 saturated heterocycles. The van der Waals surface area contributed by atoms with E-state index in [1.165, 1.54) is 11.8 Å². The number of rotatable bonds is 11. The van der Waals surface area contributed by atoms with E-state index in [4.69, 9.17) is 5.73 Å². The van der Waals surface area contributed by atoms with E-state index in [0.717, 1.165) is 16.4 Å². The molecule has 2 aliphatic rings. The van der Waals surface area contributed by atoms with Crippen molar-refractivity contribution in [3.8, 4) is 0 Å². The standard InChI is InChI=1S/C20H26FN7O6S2/c1-10(29)7-28(2,3)6-4-5-11-8-35-18-13(17(31)27(18)14(11)19(32)33)23-16(30)12(25-34-9-21)15-24-20(22)36-26-15/h4-5,10,13,18,29H,6-9H2,1-3H3,(H3-,22,23,24,26,30,32,33)/p+1/t10?,13-,18+/m1/s1. The molecule has 36 heavy (non-hydrogen) atoms. The Labute approximate surface area is 214 Å². The number of fused-ring (bicyclic) bond motifs is 1. The van der Waals surface area contributed by atoms with Crippen molar-refractivity contribution in [3.63, 3.8) is 0 Å². The number of carboxylic acids is 1. The average Bonchev–Trinajstić information content (AvgIpc) is 3.21. The van der Waals surface area contributed by atoms with Gasteiger partial charge in [-0.25, -0.2) is 9.18 Å². The quantitative estimate of drug-likeness (QED) is 0.123. The number of nitrogens with two attached hydrogens (primary N) is 1. The number of allylic oxidation sites excluding steroid dienone is 1. The molecule has 0 radical (unpaired) electrons. The number of amides is 2. The van der Waals surface area contributed by atoms with Crippen LogP contribution in [0.1, 0.15) is 12.7 Å². The predicted octanol–water partition coefficient (Wildman–Crippen LogP) is -0.480. The van der Waals surface area contributed by atoms with E-state index in [0.29, 0.717) is 28.9 Å². The zero-order valence-electron chi connectivity index (χ0n) is 19.8. The summed E-state index contributed by atoms with van der Waals surface area (Å²) in [5.74, 6) is -2.69. The minimum absolute atomic E-state index is 0.0457. The highest BCUT2D eigenvalue weighted by Gasteiger charge is 2.54. The summed E-state index contributed by atoms with van der Waals surface area (Å²) in [6.07, 6.45) is 2.99. The first kappa shape index (κ1) is 27.5. The van der Waals surface area contributed by atoms with Crippen molar-refractivity contribution in [1.82, 2.24) is 19.6 Å². The topological polar surface area (TPSA) is 180 Å². The van der Waals surface area contributed by atoms with Crippen LogP contribution in [0.4, 0.5) is 9.52 Å². The summed E-state index contributed by atoms with van der Waals surface area (Å²) in [5.41, 5.74) is 5.36. The maximum Gasteiger partial charge on any atom is 0.352 e. The number of quaternary nitrogens is 1.